The van der Waals surface area contributed by atoms with Crippen LogP contribution in [-0.2, 0) is 6.54 Å². The van der Waals surface area contributed by atoms with Crippen molar-refractivity contribution in [3.63, 3.8) is 0 Å². The predicted octanol–water partition coefficient (Wildman–Crippen LogP) is 2.81. The zero-order valence-electron chi connectivity index (χ0n) is 13.2. The van der Waals surface area contributed by atoms with E-state index in [4.69, 9.17) is 16.1 Å². The maximum absolute atomic E-state index is 5.97. The van der Waals surface area contributed by atoms with E-state index in [0.717, 1.165) is 30.4 Å². The van der Waals surface area contributed by atoms with Crippen molar-refractivity contribution in [1.29, 1.82) is 0 Å². The Morgan fingerprint density at radius 2 is 2.26 bits per heavy atom. The van der Waals surface area contributed by atoms with Crippen LogP contribution in [0.4, 0.5) is 0 Å². The Bertz CT molecular complexity index is 646. The molecule has 0 spiro atoms. The third-order valence-corrected chi connectivity index (χ3v) is 3.71. The summed E-state index contributed by atoms with van der Waals surface area (Å²) < 4.78 is 5.24. The number of thioether (sulfide) groups is 1. The molecule has 2 rings (SSSR count). The topological polar surface area (TPSA) is 75.3 Å². The summed E-state index contributed by atoms with van der Waals surface area (Å²) in [5, 5.41) is 11.0. The second-order valence-corrected chi connectivity index (χ2v) is 6.06. The number of nitrogens with one attached hydrogen (secondary N) is 2. The highest BCUT2D eigenvalue weighted by molar-refractivity contribution is 7.98. The van der Waals surface area contributed by atoms with Crippen LogP contribution in [0.15, 0.2) is 33.8 Å². The molecule has 0 fully saturated rings. The molecule has 0 aliphatic carbocycles. The van der Waals surface area contributed by atoms with E-state index in [-0.39, 0.29) is 0 Å². The van der Waals surface area contributed by atoms with Crippen LogP contribution in [-0.4, -0.2) is 41.2 Å². The lowest BCUT2D eigenvalue weighted by Crippen LogP contribution is -2.38. The van der Waals surface area contributed by atoms with Crippen molar-refractivity contribution >= 4 is 29.3 Å². The van der Waals surface area contributed by atoms with Gasteiger partial charge in [-0.05, 0) is 25.3 Å². The van der Waals surface area contributed by atoms with E-state index in [0.29, 0.717) is 23.3 Å². The third-order valence-electron chi connectivity index (χ3n) is 2.87. The maximum Gasteiger partial charge on any atom is 0.248 e. The second kappa shape index (κ2) is 9.42. The standard InChI is InChI=1S/C15H20ClN5OS/c1-3-17-15(18-7-8-23-2)19-10-13-20-14(21-22-13)11-5-4-6-12(16)9-11/h4-6,9H,3,7-8,10H2,1-2H3,(H2,17,18,19). The highest BCUT2D eigenvalue weighted by Crippen LogP contribution is 2.19. The van der Waals surface area contributed by atoms with Gasteiger partial charge in [0.15, 0.2) is 5.96 Å². The van der Waals surface area contributed by atoms with Gasteiger partial charge < -0.3 is 15.2 Å². The van der Waals surface area contributed by atoms with E-state index in [2.05, 4.69) is 32.0 Å². The largest absolute Gasteiger partial charge is 0.357 e. The van der Waals surface area contributed by atoms with Crippen molar-refractivity contribution in [3.8, 4) is 11.4 Å². The molecular formula is C15H20ClN5OS. The molecule has 8 heteroatoms. The Labute approximate surface area is 145 Å². The van der Waals surface area contributed by atoms with Crippen LogP contribution in [0.1, 0.15) is 12.8 Å². The number of rotatable bonds is 7. The summed E-state index contributed by atoms with van der Waals surface area (Å²) in [6.07, 6.45) is 2.07. The smallest absolute Gasteiger partial charge is 0.248 e. The lowest BCUT2D eigenvalue weighted by Gasteiger charge is -2.09. The van der Waals surface area contributed by atoms with Gasteiger partial charge in [0.2, 0.25) is 11.7 Å². The molecule has 1 heterocycles. The second-order valence-electron chi connectivity index (χ2n) is 4.64. The minimum Gasteiger partial charge on any atom is -0.357 e. The van der Waals surface area contributed by atoms with Crippen molar-refractivity contribution < 1.29 is 4.52 Å². The Kier molecular flexibility index (Phi) is 7.22. The zero-order valence-corrected chi connectivity index (χ0v) is 14.7. The third kappa shape index (κ3) is 5.76. The number of aliphatic imine (C=N–C) groups is 1. The van der Waals surface area contributed by atoms with Gasteiger partial charge in [-0.2, -0.15) is 16.7 Å². The lowest BCUT2D eigenvalue weighted by molar-refractivity contribution is 0.380. The first-order valence-corrected chi connectivity index (χ1v) is 9.09. The van der Waals surface area contributed by atoms with Gasteiger partial charge in [0.05, 0.1) is 0 Å². The Hall–Kier alpha value is -1.73. The van der Waals surface area contributed by atoms with Gasteiger partial charge in [0, 0.05) is 29.4 Å². The highest BCUT2D eigenvalue weighted by Gasteiger charge is 2.09. The molecule has 0 unspecified atom stereocenters. The summed E-state index contributed by atoms with van der Waals surface area (Å²) in [4.78, 5) is 8.79. The first kappa shape index (κ1) is 17.6. The number of benzene rings is 1. The van der Waals surface area contributed by atoms with Crippen LogP contribution in [0.25, 0.3) is 11.4 Å². The first-order valence-electron chi connectivity index (χ1n) is 7.32. The molecule has 2 N–H and O–H groups in total. The van der Waals surface area contributed by atoms with Gasteiger partial charge in [0.25, 0.3) is 0 Å². The maximum atomic E-state index is 5.97. The van der Waals surface area contributed by atoms with E-state index in [1.165, 1.54) is 0 Å². The number of guanidine groups is 1. The first-order chi connectivity index (χ1) is 11.2. The molecule has 23 heavy (non-hydrogen) atoms. The molecule has 0 saturated heterocycles. The summed E-state index contributed by atoms with van der Waals surface area (Å²) >= 11 is 7.75. The molecule has 0 saturated carbocycles. The lowest BCUT2D eigenvalue weighted by atomic mass is 10.2. The number of halogens is 1. The van der Waals surface area contributed by atoms with E-state index >= 15 is 0 Å². The van der Waals surface area contributed by atoms with E-state index in [1.807, 2.05) is 19.1 Å². The minimum absolute atomic E-state index is 0.322. The van der Waals surface area contributed by atoms with Crippen molar-refractivity contribution in [2.45, 2.75) is 13.5 Å². The number of nitrogens with zero attached hydrogens (tertiary/aromatic N) is 3. The summed E-state index contributed by atoms with van der Waals surface area (Å²) in [7, 11) is 0. The number of hydrogen-bond acceptors (Lipinski definition) is 5. The minimum atomic E-state index is 0.322. The Morgan fingerprint density at radius 1 is 1.39 bits per heavy atom. The molecule has 0 aliphatic rings. The van der Waals surface area contributed by atoms with E-state index in [9.17, 15) is 0 Å². The molecule has 124 valence electrons. The molecule has 1 aromatic carbocycles. The summed E-state index contributed by atoms with van der Waals surface area (Å²) in [6, 6.07) is 7.34. The average molecular weight is 354 g/mol. The summed E-state index contributed by atoms with van der Waals surface area (Å²) in [6.45, 7) is 3.99. The monoisotopic (exact) mass is 353 g/mol. The summed E-state index contributed by atoms with van der Waals surface area (Å²) in [5.74, 6) is 2.73. The van der Waals surface area contributed by atoms with Crippen LogP contribution < -0.4 is 10.6 Å². The highest BCUT2D eigenvalue weighted by atomic mass is 35.5. The van der Waals surface area contributed by atoms with E-state index in [1.54, 1.807) is 23.9 Å². The Morgan fingerprint density at radius 3 is 3.00 bits per heavy atom. The summed E-state index contributed by atoms with van der Waals surface area (Å²) in [5.41, 5.74) is 0.821. The van der Waals surface area contributed by atoms with Crippen molar-refractivity contribution in [3.05, 3.63) is 35.2 Å². The van der Waals surface area contributed by atoms with Crippen molar-refractivity contribution in [2.75, 3.05) is 25.1 Å². The molecule has 2 aromatic rings. The fraction of sp³-hybridized carbons (Fsp3) is 0.400. The molecule has 6 nitrogen and oxygen atoms in total. The van der Waals surface area contributed by atoms with Gasteiger partial charge in [0.1, 0.15) is 6.54 Å². The van der Waals surface area contributed by atoms with Crippen molar-refractivity contribution in [1.82, 2.24) is 20.8 Å². The van der Waals surface area contributed by atoms with Crippen molar-refractivity contribution in [2.24, 2.45) is 4.99 Å². The molecule has 0 atom stereocenters. The van der Waals surface area contributed by atoms with Gasteiger partial charge in [-0.15, -0.1) is 0 Å². The predicted molar refractivity (Wildman–Crippen MR) is 95.9 cm³/mol. The molecule has 1 aromatic heterocycles. The van der Waals surface area contributed by atoms with Crippen LogP contribution in [0.3, 0.4) is 0 Å². The zero-order chi connectivity index (χ0) is 16.5. The molecule has 0 amide bonds. The molecule has 0 aliphatic heterocycles. The molecule has 0 bridgehead atoms. The van der Waals surface area contributed by atoms with Crippen LogP contribution in [0.2, 0.25) is 5.02 Å². The SMILES string of the molecule is CCNC(=NCc1nc(-c2cccc(Cl)c2)no1)NCCSC. The fourth-order valence-corrected chi connectivity index (χ4v) is 2.32. The van der Waals surface area contributed by atoms with E-state index < -0.39 is 0 Å². The number of aromatic nitrogens is 2. The molecular weight excluding hydrogens is 334 g/mol. The fourth-order valence-electron chi connectivity index (χ4n) is 1.82. The normalized spacial score (nSPS) is 11.5. The van der Waals surface area contributed by atoms with Crippen LogP contribution in [0.5, 0.6) is 0 Å². The van der Waals surface area contributed by atoms with Gasteiger partial charge in [-0.1, -0.05) is 28.9 Å². The average Bonchev–Trinajstić information content (AvgIpc) is 3.02. The quantitative estimate of drug-likeness (QED) is 0.453. The number of hydrogen-bond donors (Lipinski definition) is 2. The van der Waals surface area contributed by atoms with Gasteiger partial charge in [-0.3, -0.25) is 0 Å². The molecule has 0 radical (unpaired) electrons. The van der Waals surface area contributed by atoms with Gasteiger partial charge in [-0.25, -0.2) is 4.99 Å². The van der Waals surface area contributed by atoms with Crippen LogP contribution >= 0.6 is 23.4 Å². The Balaban J connectivity index is 2.00. The van der Waals surface area contributed by atoms with Crippen LogP contribution in [0, 0.1) is 0 Å². The van der Waals surface area contributed by atoms with Gasteiger partial charge >= 0.3 is 0 Å².